The van der Waals surface area contributed by atoms with Gasteiger partial charge in [-0.3, -0.25) is 13.8 Å². The highest BCUT2D eigenvalue weighted by molar-refractivity contribution is 7.93. The molecule has 3 aromatic rings. The van der Waals surface area contributed by atoms with Crippen LogP contribution in [0.5, 0.6) is 0 Å². The normalized spacial score (nSPS) is 11.5. The zero-order valence-electron chi connectivity index (χ0n) is 17.8. The smallest absolute Gasteiger partial charge is 0.268 e. The molecule has 0 aliphatic heterocycles. The lowest BCUT2D eigenvalue weighted by atomic mass is 10.1. The molecule has 1 N–H and O–H groups in total. The molecule has 0 bridgehead atoms. The predicted octanol–water partition coefficient (Wildman–Crippen LogP) is 3.25. The zero-order chi connectivity index (χ0) is 22.2. The average Bonchev–Trinajstić information content (AvgIpc) is 3.14. The van der Waals surface area contributed by atoms with Crippen molar-refractivity contribution in [2.45, 2.75) is 39.5 Å². The molecule has 0 spiro atoms. The Morgan fingerprint density at radius 1 is 1.13 bits per heavy atom. The molecule has 3 rings (SSSR count). The van der Waals surface area contributed by atoms with E-state index in [2.05, 4.69) is 15.4 Å². The first-order valence-corrected chi connectivity index (χ1v) is 11.6. The Kier molecular flexibility index (Phi) is 6.00. The van der Waals surface area contributed by atoms with Gasteiger partial charge in [-0.25, -0.2) is 13.4 Å². The summed E-state index contributed by atoms with van der Waals surface area (Å²) >= 11 is 1.29. The van der Waals surface area contributed by atoms with Crippen LogP contribution in [0.1, 0.15) is 28.2 Å². The molecule has 8 nitrogen and oxygen atoms in total. The van der Waals surface area contributed by atoms with Crippen LogP contribution in [0.3, 0.4) is 0 Å². The van der Waals surface area contributed by atoms with Crippen molar-refractivity contribution in [2.75, 3.05) is 16.2 Å². The lowest BCUT2D eigenvalue weighted by Gasteiger charge is -2.25. The number of thiazole rings is 1. The van der Waals surface area contributed by atoms with E-state index in [9.17, 15) is 13.2 Å². The van der Waals surface area contributed by atoms with Gasteiger partial charge in [0.2, 0.25) is 5.91 Å². The van der Waals surface area contributed by atoms with E-state index in [4.69, 9.17) is 0 Å². The van der Waals surface area contributed by atoms with Gasteiger partial charge in [0, 0.05) is 12.4 Å². The first-order chi connectivity index (χ1) is 14.0. The van der Waals surface area contributed by atoms with Gasteiger partial charge in [-0.05, 0) is 57.9 Å². The van der Waals surface area contributed by atoms with E-state index in [1.54, 1.807) is 33.0 Å². The molecule has 0 aliphatic carbocycles. The third kappa shape index (κ3) is 4.39. The first-order valence-electron chi connectivity index (χ1n) is 9.32. The summed E-state index contributed by atoms with van der Waals surface area (Å²) in [5.74, 6) is -0.466. The van der Waals surface area contributed by atoms with Crippen molar-refractivity contribution in [1.29, 1.82) is 0 Å². The highest BCUT2D eigenvalue weighted by atomic mass is 32.2. The summed E-state index contributed by atoms with van der Waals surface area (Å²) in [6, 6.07) is 5.46. The molecule has 160 valence electrons. The quantitative estimate of drug-likeness (QED) is 0.626. The Bertz CT molecular complexity index is 1190. The number of sulfonamides is 1. The molecule has 0 unspecified atom stereocenters. The number of carbonyl (C=O) groups excluding carboxylic acids is 1. The van der Waals surface area contributed by atoms with E-state index in [1.165, 1.54) is 16.0 Å². The fraction of sp³-hybridized carbons (Fsp3) is 0.350. The van der Waals surface area contributed by atoms with Crippen LogP contribution < -0.4 is 9.62 Å². The van der Waals surface area contributed by atoms with Crippen molar-refractivity contribution in [1.82, 2.24) is 14.8 Å². The average molecular weight is 448 g/mol. The number of amides is 1. The van der Waals surface area contributed by atoms with Crippen molar-refractivity contribution in [3.05, 3.63) is 51.8 Å². The third-order valence-corrected chi connectivity index (χ3v) is 7.54. The second-order valence-electron chi connectivity index (χ2n) is 7.32. The predicted molar refractivity (Wildman–Crippen MR) is 119 cm³/mol. The van der Waals surface area contributed by atoms with E-state index in [-0.39, 0.29) is 11.4 Å². The maximum atomic E-state index is 13.7. The van der Waals surface area contributed by atoms with Crippen LogP contribution in [-0.4, -0.2) is 35.6 Å². The number of aromatic nitrogens is 3. The minimum Gasteiger partial charge on any atom is -0.300 e. The zero-order valence-corrected chi connectivity index (χ0v) is 19.5. The topological polar surface area (TPSA) is 97.2 Å². The Hall–Kier alpha value is -2.72. The fourth-order valence-corrected chi connectivity index (χ4v) is 5.86. The number of hydrogen-bond donors (Lipinski definition) is 1. The summed E-state index contributed by atoms with van der Waals surface area (Å²) in [7, 11) is -2.34. The van der Waals surface area contributed by atoms with Crippen molar-refractivity contribution >= 4 is 38.1 Å². The van der Waals surface area contributed by atoms with Gasteiger partial charge in [0.05, 0.1) is 22.8 Å². The maximum Gasteiger partial charge on any atom is 0.268 e. The van der Waals surface area contributed by atoms with Crippen LogP contribution >= 0.6 is 11.3 Å². The second-order valence-corrected chi connectivity index (χ2v) is 9.98. The molecule has 0 saturated heterocycles. The molecule has 30 heavy (non-hydrogen) atoms. The van der Waals surface area contributed by atoms with Gasteiger partial charge < -0.3 is 5.32 Å². The van der Waals surface area contributed by atoms with E-state index in [1.807, 2.05) is 32.2 Å². The second kappa shape index (κ2) is 8.19. The Morgan fingerprint density at radius 3 is 2.27 bits per heavy atom. The van der Waals surface area contributed by atoms with Crippen LogP contribution in [-0.2, 0) is 21.9 Å². The molecule has 0 saturated carbocycles. The van der Waals surface area contributed by atoms with Gasteiger partial charge in [-0.15, -0.1) is 11.3 Å². The van der Waals surface area contributed by atoms with Gasteiger partial charge in [-0.2, -0.15) is 5.10 Å². The molecule has 10 heteroatoms. The molecule has 0 aliphatic rings. The standard InChI is InChI=1S/C20H25N5O3S2/c1-12-7-13(2)9-17(8-12)25(10-18(26)22-20-21-14(3)11-29-20)30(27,28)19-15(4)23-24(6)16(19)5/h7-9,11H,10H2,1-6H3,(H,21,22,26). The van der Waals surface area contributed by atoms with Crippen LogP contribution in [0.2, 0.25) is 0 Å². The van der Waals surface area contributed by atoms with E-state index in [0.717, 1.165) is 21.1 Å². The molecular weight excluding hydrogens is 422 g/mol. The first kappa shape index (κ1) is 22.0. The minimum absolute atomic E-state index is 0.113. The molecule has 2 heterocycles. The number of benzene rings is 1. The van der Waals surface area contributed by atoms with Crippen molar-refractivity contribution in [2.24, 2.45) is 7.05 Å². The fourth-order valence-electron chi connectivity index (χ4n) is 3.35. The molecule has 1 aromatic carbocycles. The van der Waals surface area contributed by atoms with Crippen LogP contribution in [0.15, 0.2) is 28.5 Å². The summed E-state index contributed by atoms with van der Waals surface area (Å²) in [6.45, 7) is 8.58. The lowest BCUT2D eigenvalue weighted by molar-refractivity contribution is -0.114. The molecule has 0 radical (unpaired) electrons. The third-order valence-electron chi connectivity index (χ3n) is 4.64. The van der Waals surface area contributed by atoms with Crippen molar-refractivity contribution < 1.29 is 13.2 Å². The monoisotopic (exact) mass is 447 g/mol. The maximum absolute atomic E-state index is 13.7. The van der Waals surface area contributed by atoms with E-state index in [0.29, 0.717) is 22.2 Å². The number of rotatable bonds is 6. The SMILES string of the molecule is Cc1cc(C)cc(N(CC(=O)Nc2nc(C)cs2)S(=O)(=O)c2c(C)nn(C)c2C)c1. The lowest BCUT2D eigenvalue weighted by Crippen LogP contribution is -2.38. The van der Waals surface area contributed by atoms with Gasteiger partial charge in [-0.1, -0.05) is 6.07 Å². The molecule has 1 amide bonds. The van der Waals surface area contributed by atoms with Crippen LogP contribution in [0.25, 0.3) is 0 Å². The Balaban J connectivity index is 2.06. The van der Waals surface area contributed by atoms with Gasteiger partial charge in [0.1, 0.15) is 11.4 Å². The summed E-state index contributed by atoms with van der Waals surface area (Å²) < 4.78 is 30.0. The molecular formula is C20H25N5O3S2. The summed E-state index contributed by atoms with van der Waals surface area (Å²) in [4.78, 5) is 17.1. The molecule has 0 fully saturated rings. The molecule has 2 aromatic heterocycles. The summed E-state index contributed by atoms with van der Waals surface area (Å²) in [5, 5.41) is 9.18. The van der Waals surface area contributed by atoms with E-state index >= 15 is 0 Å². The largest absolute Gasteiger partial charge is 0.300 e. The summed E-state index contributed by atoms with van der Waals surface area (Å²) in [6.07, 6.45) is 0. The van der Waals surface area contributed by atoms with E-state index < -0.39 is 15.9 Å². The van der Waals surface area contributed by atoms with Crippen LogP contribution in [0, 0.1) is 34.6 Å². The number of hydrogen-bond acceptors (Lipinski definition) is 6. The van der Waals surface area contributed by atoms with Crippen LogP contribution in [0.4, 0.5) is 10.8 Å². The minimum atomic E-state index is -4.04. The van der Waals surface area contributed by atoms with Crippen molar-refractivity contribution in [3.63, 3.8) is 0 Å². The Morgan fingerprint density at radius 2 is 1.77 bits per heavy atom. The number of nitrogens with one attached hydrogen (secondary N) is 1. The van der Waals surface area contributed by atoms with Gasteiger partial charge >= 0.3 is 0 Å². The summed E-state index contributed by atoms with van der Waals surface area (Å²) in [5.41, 5.74) is 3.93. The number of aryl methyl sites for hydroxylation is 5. The highest BCUT2D eigenvalue weighted by Gasteiger charge is 2.32. The highest BCUT2D eigenvalue weighted by Crippen LogP contribution is 2.29. The molecule has 0 atom stereocenters. The Labute approximate surface area is 180 Å². The number of nitrogens with zero attached hydrogens (tertiary/aromatic N) is 4. The number of anilines is 2. The van der Waals surface area contributed by atoms with Crippen molar-refractivity contribution in [3.8, 4) is 0 Å². The van der Waals surface area contributed by atoms with Gasteiger partial charge in [0.15, 0.2) is 5.13 Å². The van der Waals surface area contributed by atoms with Gasteiger partial charge in [0.25, 0.3) is 10.0 Å². The number of carbonyl (C=O) groups is 1.